The van der Waals surface area contributed by atoms with Crippen LogP contribution in [0.5, 0.6) is 5.75 Å². The predicted molar refractivity (Wildman–Crippen MR) is 108 cm³/mol. The summed E-state index contributed by atoms with van der Waals surface area (Å²) in [5.41, 5.74) is 6.88. The molecule has 0 unspecified atom stereocenters. The molecule has 0 aliphatic carbocycles. The van der Waals surface area contributed by atoms with E-state index in [-0.39, 0.29) is 11.8 Å². The lowest BCUT2D eigenvalue weighted by atomic mass is 10.2. The summed E-state index contributed by atoms with van der Waals surface area (Å²) in [4.78, 5) is 8.26. The summed E-state index contributed by atoms with van der Waals surface area (Å²) in [5.74, 6) is 0.278. The Kier molecular flexibility index (Phi) is 4.89. The average Bonchev–Trinajstić information content (AvgIpc) is 3.05. The molecule has 1 aliphatic heterocycles. The monoisotopic (exact) mass is 400 g/mol. The van der Waals surface area contributed by atoms with Crippen LogP contribution in [0.3, 0.4) is 0 Å². The van der Waals surface area contributed by atoms with E-state index in [0.717, 1.165) is 24.1 Å². The highest BCUT2D eigenvalue weighted by Gasteiger charge is 2.16. The number of hydrogen-bond acceptors (Lipinski definition) is 7. The van der Waals surface area contributed by atoms with Crippen LogP contribution in [-0.4, -0.2) is 24.1 Å². The molecule has 1 aliphatic rings. The van der Waals surface area contributed by atoms with Gasteiger partial charge in [0.15, 0.2) is 11.6 Å². The van der Waals surface area contributed by atoms with Gasteiger partial charge in [-0.25, -0.2) is 14.8 Å². The molecule has 2 heterocycles. The van der Waals surface area contributed by atoms with E-state index in [1.807, 2.05) is 30.3 Å². The first kappa shape index (κ1) is 18.3. The summed E-state index contributed by atoms with van der Waals surface area (Å²) in [6, 6.07) is 11.0. The van der Waals surface area contributed by atoms with E-state index < -0.39 is 5.82 Å². The van der Waals surface area contributed by atoms with Gasteiger partial charge in [0.2, 0.25) is 5.95 Å². The molecule has 4 rings (SSSR count). The Morgan fingerprint density at radius 1 is 1.18 bits per heavy atom. The van der Waals surface area contributed by atoms with Gasteiger partial charge in [0.1, 0.15) is 5.75 Å². The molecule has 0 amide bonds. The van der Waals surface area contributed by atoms with Crippen molar-refractivity contribution in [1.82, 2.24) is 15.4 Å². The van der Waals surface area contributed by atoms with Gasteiger partial charge in [0.05, 0.1) is 24.0 Å². The van der Waals surface area contributed by atoms with Crippen LogP contribution in [0.15, 0.2) is 42.6 Å². The normalized spacial score (nSPS) is 12.6. The molecule has 1 aromatic heterocycles. The number of aromatic nitrogens is 2. The van der Waals surface area contributed by atoms with Crippen LogP contribution < -0.4 is 25.8 Å². The van der Waals surface area contributed by atoms with Crippen molar-refractivity contribution in [3.63, 3.8) is 0 Å². The molecule has 0 radical (unpaired) electrons. The second-order valence-electron chi connectivity index (χ2n) is 6.23. The first-order valence-corrected chi connectivity index (χ1v) is 8.91. The van der Waals surface area contributed by atoms with Crippen molar-refractivity contribution in [2.75, 3.05) is 29.8 Å². The van der Waals surface area contributed by atoms with Gasteiger partial charge >= 0.3 is 0 Å². The number of anilines is 5. The molecule has 0 saturated heterocycles. The van der Waals surface area contributed by atoms with Crippen molar-refractivity contribution >= 4 is 40.4 Å². The Balaban J connectivity index is 1.56. The number of benzene rings is 2. The third-order valence-corrected chi connectivity index (χ3v) is 4.66. The predicted octanol–water partition coefficient (Wildman–Crippen LogP) is 4.22. The maximum atomic E-state index is 14.2. The second kappa shape index (κ2) is 7.49. The lowest BCUT2D eigenvalue weighted by Crippen LogP contribution is -2.26. The minimum absolute atomic E-state index is 0.0404. The molecule has 0 saturated carbocycles. The van der Waals surface area contributed by atoms with Gasteiger partial charge in [-0.1, -0.05) is 17.7 Å². The van der Waals surface area contributed by atoms with E-state index in [1.54, 1.807) is 18.2 Å². The average molecular weight is 401 g/mol. The molecule has 144 valence electrons. The molecule has 3 aromatic rings. The highest BCUT2D eigenvalue weighted by atomic mass is 35.5. The number of hydrogen-bond donors (Lipinski definition) is 3. The van der Waals surface area contributed by atoms with Crippen LogP contribution in [0.1, 0.15) is 5.56 Å². The first-order chi connectivity index (χ1) is 13.5. The first-order valence-electron chi connectivity index (χ1n) is 8.54. The maximum Gasteiger partial charge on any atom is 0.229 e. The van der Waals surface area contributed by atoms with Crippen molar-refractivity contribution in [3.05, 3.63) is 59.0 Å². The molecule has 0 spiro atoms. The molecule has 3 N–H and O–H groups in total. The van der Waals surface area contributed by atoms with Crippen LogP contribution in [-0.2, 0) is 6.54 Å². The van der Waals surface area contributed by atoms with E-state index in [2.05, 4.69) is 26.0 Å². The van der Waals surface area contributed by atoms with Gasteiger partial charge in [0.25, 0.3) is 0 Å². The van der Waals surface area contributed by atoms with E-state index in [9.17, 15) is 4.39 Å². The fraction of sp³-hybridized carbons (Fsp3) is 0.158. The van der Waals surface area contributed by atoms with E-state index in [1.165, 1.54) is 12.7 Å². The highest BCUT2D eigenvalue weighted by Crippen LogP contribution is 2.30. The molecule has 7 nitrogen and oxygen atoms in total. The van der Waals surface area contributed by atoms with Crippen LogP contribution in [0.4, 0.5) is 33.2 Å². The zero-order valence-electron chi connectivity index (χ0n) is 15.3. The number of hydrazine groups is 1. The molecule has 9 heteroatoms. The minimum atomic E-state index is -0.574. The van der Waals surface area contributed by atoms with Crippen LogP contribution in [0.2, 0.25) is 5.02 Å². The van der Waals surface area contributed by atoms with E-state index >= 15 is 0 Å². The van der Waals surface area contributed by atoms with Crippen LogP contribution in [0, 0.1) is 5.82 Å². The zero-order valence-corrected chi connectivity index (χ0v) is 16.0. The minimum Gasteiger partial charge on any atom is -0.495 e. The van der Waals surface area contributed by atoms with Crippen molar-refractivity contribution < 1.29 is 9.13 Å². The van der Waals surface area contributed by atoms with Crippen molar-refractivity contribution in [2.24, 2.45) is 0 Å². The number of methoxy groups -OCH3 is 1. The highest BCUT2D eigenvalue weighted by molar-refractivity contribution is 6.32. The molecular formula is C19H18ClFN6O. The van der Waals surface area contributed by atoms with Crippen molar-refractivity contribution in [1.29, 1.82) is 0 Å². The molecule has 0 fully saturated rings. The standard InChI is InChI=1S/C19H18ClFN6O/c1-27-16-8-13(4-3-11(16)9-23-27)25-19-22-10-15(21)18(26-19)24-12-5-6-17(28-2)14(20)7-12/h3-8,10,23H,9H2,1-2H3,(H2,22,24,25,26). The maximum absolute atomic E-state index is 14.2. The van der Waals surface area contributed by atoms with Gasteiger partial charge < -0.3 is 20.4 Å². The summed E-state index contributed by atoms with van der Waals surface area (Å²) in [7, 11) is 3.48. The fourth-order valence-electron chi connectivity index (χ4n) is 2.92. The number of nitrogens with one attached hydrogen (secondary N) is 3. The molecule has 0 atom stereocenters. The van der Waals surface area contributed by atoms with Gasteiger partial charge in [-0.05, 0) is 35.9 Å². The Morgan fingerprint density at radius 3 is 2.75 bits per heavy atom. The number of halogens is 2. The summed E-state index contributed by atoms with van der Waals surface area (Å²) in [6.45, 7) is 0.789. The summed E-state index contributed by atoms with van der Waals surface area (Å²) in [6.07, 6.45) is 1.11. The SMILES string of the molecule is COc1ccc(Nc2nc(Nc3ccc4c(c3)N(C)NC4)ncc2F)cc1Cl. The summed E-state index contributed by atoms with van der Waals surface area (Å²) < 4.78 is 19.3. The largest absolute Gasteiger partial charge is 0.495 e. The van der Waals surface area contributed by atoms with Gasteiger partial charge in [-0.2, -0.15) is 4.98 Å². The Labute approximate surface area is 166 Å². The molecule has 0 bridgehead atoms. The molecule has 28 heavy (non-hydrogen) atoms. The van der Waals surface area contributed by atoms with Gasteiger partial charge in [0, 0.05) is 25.0 Å². The Bertz CT molecular complexity index is 1030. The van der Waals surface area contributed by atoms with Gasteiger partial charge in [-0.15, -0.1) is 0 Å². The molecular weight excluding hydrogens is 383 g/mol. The molecule has 2 aromatic carbocycles. The van der Waals surface area contributed by atoms with E-state index in [4.69, 9.17) is 16.3 Å². The smallest absolute Gasteiger partial charge is 0.229 e. The Morgan fingerprint density at radius 2 is 1.96 bits per heavy atom. The fourth-order valence-corrected chi connectivity index (χ4v) is 3.17. The lowest BCUT2D eigenvalue weighted by Gasteiger charge is -2.14. The second-order valence-corrected chi connectivity index (χ2v) is 6.63. The van der Waals surface area contributed by atoms with Gasteiger partial charge in [-0.3, -0.25) is 0 Å². The summed E-state index contributed by atoms with van der Waals surface area (Å²) >= 11 is 6.12. The van der Waals surface area contributed by atoms with E-state index in [0.29, 0.717) is 16.5 Å². The zero-order chi connectivity index (χ0) is 19.7. The topological polar surface area (TPSA) is 74.3 Å². The number of rotatable bonds is 5. The summed E-state index contributed by atoms with van der Waals surface area (Å²) in [5, 5.41) is 8.39. The third-order valence-electron chi connectivity index (χ3n) is 4.37. The lowest BCUT2D eigenvalue weighted by molar-refractivity contribution is 0.415. The van der Waals surface area contributed by atoms with Crippen molar-refractivity contribution in [2.45, 2.75) is 6.54 Å². The quantitative estimate of drug-likeness (QED) is 0.592. The Hall–Kier alpha value is -3.10. The number of fused-ring (bicyclic) bond motifs is 1. The number of ether oxygens (including phenoxy) is 1. The van der Waals surface area contributed by atoms with Crippen LogP contribution in [0.25, 0.3) is 0 Å². The number of nitrogens with zero attached hydrogens (tertiary/aromatic N) is 3. The van der Waals surface area contributed by atoms with Crippen molar-refractivity contribution in [3.8, 4) is 5.75 Å². The third kappa shape index (κ3) is 3.64. The van der Waals surface area contributed by atoms with Crippen LogP contribution >= 0.6 is 11.6 Å².